The zero-order valence-corrected chi connectivity index (χ0v) is 12.3. The molecule has 0 aromatic carbocycles. The molecule has 1 fully saturated rings. The summed E-state index contributed by atoms with van der Waals surface area (Å²) >= 11 is 0. The molecule has 1 aliphatic rings. The Hall–Kier alpha value is -2.01. The summed E-state index contributed by atoms with van der Waals surface area (Å²) in [5.74, 6) is 1.17. The first kappa shape index (κ1) is 13.9. The Labute approximate surface area is 125 Å². The summed E-state index contributed by atoms with van der Waals surface area (Å²) in [5.41, 5.74) is 3.39. The lowest BCUT2D eigenvalue weighted by atomic mass is 9.91. The maximum Gasteiger partial charge on any atom is 0.222 e. The lowest BCUT2D eigenvalue weighted by Gasteiger charge is -2.24. The van der Waals surface area contributed by atoms with Gasteiger partial charge in [-0.15, -0.1) is 0 Å². The first-order valence-electron chi connectivity index (χ1n) is 7.60. The number of pyridine rings is 1. The van der Waals surface area contributed by atoms with Crippen LogP contribution >= 0.6 is 0 Å². The fourth-order valence-electron chi connectivity index (χ4n) is 2.79. The quantitative estimate of drug-likeness (QED) is 0.902. The molecular formula is C16H21N5. The molecule has 3 rings (SSSR count). The number of aromatic nitrogens is 3. The van der Waals surface area contributed by atoms with Crippen LogP contribution in [0.5, 0.6) is 0 Å². The molecule has 2 aromatic heterocycles. The van der Waals surface area contributed by atoms with E-state index in [9.17, 15) is 0 Å². The van der Waals surface area contributed by atoms with Crippen molar-refractivity contribution in [2.75, 3.05) is 25.0 Å². The van der Waals surface area contributed by atoms with Crippen molar-refractivity contribution in [3.05, 3.63) is 36.4 Å². The summed E-state index contributed by atoms with van der Waals surface area (Å²) in [6.45, 7) is 4.98. The monoisotopic (exact) mass is 283 g/mol. The molecule has 1 atom stereocenters. The van der Waals surface area contributed by atoms with Crippen LogP contribution in [0.25, 0.3) is 11.1 Å². The third kappa shape index (κ3) is 3.19. The van der Waals surface area contributed by atoms with Crippen LogP contribution in [-0.2, 0) is 0 Å². The molecule has 0 saturated carbocycles. The SMILES string of the molecule is CCNc1ncc(-c2ccncc2)c([C@@H]2CCCNC2)n1. The summed E-state index contributed by atoms with van der Waals surface area (Å²) < 4.78 is 0. The van der Waals surface area contributed by atoms with Crippen molar-refractivity contribution < 1.29 is 0 Å². The van der Waals surface area contributed by atoms with Crippen LogP contribution in [0.1, 0.15) is 31.4 Å². The lowest BCUT2D eigenvalue weighted by Crippen LogP contribution is -2.29. The zero-order valence-electron chi connectivity index (χ0n) is 12.3. The Morgan fingerprint density at radius 2 is 2.19 bits per heavy atom. The van der Waals surface area contributed by atoms with Crippen LogP contribution in [0.2, 0.25) is 0 Å². The topological polar surface area (TPSA) is 62.7 Å². The highest BCUT2D eigenvalue weighted by atomic mass is 15.1. The van der Waals surface area contributed by atoms with Crippen LogP contribution in [0.15, 0.2) is 30.7 Å². The van der Waals surface area contributed by atoms with Gasteiger partial charge in [0.15, 0.2) is 0 Å². The molecule has 110 valence electrons. The third-order valence-corrected chi connectivity index (χ3v) is 3.83. The number of anilines is 1. The molecular weight excluding hydrogens is 262 g/mol. The van der Waals surface area contributed by atoms with E-state index in [1.165, 1.54) is 12.8 Å². The molecule has 3 heterocycles. The van der Waals surface area contributed by atoms with Crippen LogP contribution in [0.4, 0.5) is 5.95 Å². The maximum absolute atomic E-state index is 4.78. The van der Waals surface area contributed by atoms with Gasteiger partial charge in [0.1, 0.15) is 0 Å². The van der Waals surface area contributed by atoms with E-state index in [1.54, 1.807) is 0 Å². The van der Waals surface area contributed by atoms with Gasteiger partial charge in [-0.05, 0) is 44.0 Å². The number of rotatable bonds is 4. The molecule has 1 aliphatic heterocycles. The van der Waals surface area contributed by atoms with Crippen LogP contribution in [0.3, 0.4) is 0 Å². The number of nitrogens with one attached hydrogen (secondary N) is 2. The Morgan fingerprint density at radius 3 is 2.90 bits per heavy atom. The van der Waals surface area contributed by atoms with Gasteiger partial charge in [0, 0.05) is 43.2 Å². The molecule has 0 spiro atoms. The Morgan fingerprint density at radius 1 is 1.33 bits per heavy atom. The summed E-state index contributed by atoms with van der Waals surface area (Å²) in [6, 6.07) is 4.04. The first-order valence-corrected chi connectivity index (χ1v) is 7.60. The van der Waals surface area contributed by atoms with Gasteiger partial charge in [0.25, 0.3) is 0 Å². The van der Waals surface area contributed by atoms with Gasteiger partial charge in [-0.25, -0.2) is 9.97 Å². The van der Waals surface area contributed by atoms with Crippen molar-refractivity contribution >= 4 is 5.95 Å². The predicted octanol–water partition coefficient (Wildman–Crippen LogP) is 2.44. The van der Waals surface area contributed by atoms with E-state index in [0.29, 0.717) is 5.92 Å². The van der Waals surface area contributed by atoms with Gasteiger partial charge >= 0.3 is 0 Å². The molecule has 2 N–H and O–H groups in total. The van der Waals surface area contributed by atoms with E-state index in [2.05, 4.69) is 27.5 Å². The second-order valence-corrected chi connectivity index (χ2v) is 5.30. The van der Waals surface area contributed by atoms with Crippen molar-refractivity contribution in [1.82, 2.24) is 20.3 Å². The lowest BCUT2D eigenvalue weighted by molar-refractivity contribution is 0.455. The fourth-order valence-corrected chi connectivity index (χ4v) is 2.79. The average Bonchev–Trinajstić information content (AvgIpc) is 2.57. The van der Waals surface area contributed by atoms with Crippen molar-refractivity contribution in [1.29, 1.82) is 0 Å². The number of piperidine rings is 1. The highest BCUT2D eigenvalue weighted by molar-refractivity contribution is 5.66. The van der Waals surface area contributed by atoms with E-state index in [-0.39, 0.29) is 0 Å². The predicted molar refractivity (Wildman–Crippen MR) is 84.3 cm³/mol. The van der Waals surface area contributed by atoms with Crippen LogP contribution in [0, 0.1) is 0 Å². The van der Waals surface area contributed by atoms with E-state index in [4.69, 9.17) is 4.98 Å². The van der Waals surface area contributed by atoms with Gasteiger partial charge in [0.2, 0.25) is 5.95 Å². The first-order chi connectivity index (χ1) is 10.4. The van der Waals surface area contributed by atoms with Crippen LogP contribution < -0.4 is 10.6 Å². The maximum atomic E-state index is 4.78. The summed E-state index contributed by atoms with van der Waals surface area (Å²) in [7, 11) is 0. The van der Waals surface area contributed by atoms with E-state index < -0.39 is 0 Å². The van der Waals surface area contributed by atoms with Gasteiger partial charge in [-0.2, -0.15) is 0 Å². The Kier molecular flexibility index (Phi) is 4.40. The molecule has 0 amide bonds. The molecule has 0 bridgehead atoms. The number of hydrogen-bond acceptors (Lipinski definition) is 5. The molecule has 0 aliphatic carbocycles. The highest BCUT2D eigenvalue weighted by Crippen LogP contribution is 2.31. The summed E-state index contributed by atoms with van der Waals surface area (Å²) in [4.78, 5) is 13.3. The average molecular weight is 283 g/mol. The largest absolute Gasteiger partial charge is 0.354 e. The van der Waals surface area contributed by atoms with Crippen LogP contribution in [-0.4, -0.2) is 34.6 Å². The zero-order chi connectivity index (χ0) is 14.5. The molecule has 0 unspecified atom stereocenters. The number of hydrogen-bond donors (Lipinski definition) is 2. The summed E-state index contributed by atoms with van der Waals surface area (Å²) in [6.07, 6.45) is 7.94. The molecule has 21 heavy (non-hydrogen) atoms. The number of nitrogens with zero attached hydrogens (tertiary/aromatic N) is 3. The van der Waals surface area contributed by atoms with Gasteiger partial charge in [0.05, 0.1) is 5.69 Å². The molecule has 5 nitrogen and oxygen atoms in total. The minimum Gasteiger partial charge on any atom is -0.354 e. The Balaban J connectivity index is 2.01. The van der Waals surface area contributed by atoms with Gasteiger partial charge < -0.3 is 10.6 Å². The second-order valence-electron chi connectivity index (χ2n) is 5.30. The van der Waals surface area contributed by atoms with Crippen molar-refractivity contribution in [2.45, 2.75) is 25.7 Å². The van der Waals surface area contributed by atoms with Crippen molar-refractivity contribution in [3.63, 3.8) is 0 Å². The normalized spacial score (nSPS) is 18.4. The molecule has 2 aromatic rings. The van der Waals surface area contributed by atoms with Crippen molar-refractivity contribution in [2.24, 2.45) is 0 Å². The standard InChI is InChI=1S/C16H21N5/c1-2-19-16-20-11-14(12-5-8-17-9-6-12)15(21-16)13-4-3-7-18-10-13/h5-6,8-9,11,13,18H,2-4,7,10H2,1H3,(H,19,20,21)/t13-/m1/s1. The molecule has 0 radical (unpaired) electrons. The molecule has 5 heteroatoms. The summed E-state index contributed by atoms with van der Waals surface area (Å²) in [5, 5.41) is 6.68. The van der Waals surface area contributed by atoms with E-state index in [1.807, 2.05) is 30.7 Å². The Bertz CT molecular complexity index is 578. The van der Waals surface area contributed by atoms with Gasteiger partial charge in [-0.1, -0.05) is 0 Å². The van der Waals surface area contributed by atoms with Crippen molar-refractivity contribution in [3.8, 4) is 11.1 Å². The van der Waals surface area contributed by atoms with E-state index >= 15 is 0 Å². The molecule has 1 saturated heterocycles. The fraction of sp³-hybridized carbons (Fsp3) is 0.438. The highest BCUT2D eigenvalue weighted by Gasteiger charge is 2.21. The minimum atomic E-state index is 0.447. The minimum absolute atomic E-state index is 0.447. The smallest absolute Gasteiger partial charge is 0.222 e. The van der Waals surface area contributed by atoms with E-state index in [0.717, 1.165) is 42.4 Å². The third-order valence-electron chi connectivity index (χ3n) is 3.83. The van der Waals surface area contributed by atoms with Gasteiger partial charge in [-0.3, -0.25) is 4.98 Å². The second kappa shape index (κ2) is 6.63.